The molecule has 1 aliphatic rings. The second kappa shape index (κ2) is 5.99. The fraction of sp³-hybridized carbons (Fsp3) is 0.150. The third-order valence-corrected chi connectivity index (χ3v) is 5.09. The van der Waals surface area contributed by atoms with E-state index in [0.29, 0.717) is 22.8 Å². The zero-order chi connectivity index (χ0) is 20.2. The summed E-state index contributed by atoms with van der Waals surface area (Å²) >= 11 is 0. The van der Waals surface area contributed by atoms with E-state index in [0.717, 1.165) is 22.0 Å². The Morgan fingerprint density at radius 3 is 2.79 bits per heavy atom. The SMILES string of the molecule is Cc1cc(-c2nc(-c3cccc(C4(C)NC(=O)NC4=O)c3)no2)c2[nH]ncc2c1. The first-order chi connectivity index (χ1) is 13.9. The Balaban J connectivity index is 1.55. The molecule has 3 heterocycles. The van der Waals surface area contributed by atoms with Crippen molar-refractivity contribution >= 4 is 22.8 Å². The minimum absolute atomic E-state index is 0.362. The van der Waals surface area contributed by atoms with E-state index in [2.05, 4.69) is 31.0 Å². The van der Waals surface area contributed by atoms with E-state index in [1.807, 2.05) is 25.1 Å². The van der Waals surface area contributed by atoms with Crippen molar-refractivity contribution in [2.45, 2.75) is 19.4 Å². The van der Waals surface area contributed by atoms with Crippen molar-refractivity contribution in [2.75, 3.05) is 0 Å². The number of fused-ring (bicyclic) bond motifs is 1. The van der Waals surface area contributed by atoms with Gasteiger partial charge < -0.3 is 9.84 Å². The fourth-order valence-electron chi connectivity index (χ4n) is 3.54. The van der Waals surface area contributed by atoms with Crippen molar-refractivity contribution < 1.29 is 14.1 Å². The second-order valence-corrected chi connectivity index (χ2v) is 7.18. The molecule has 1 fully saturated rings. The molecule has 9 nitrogen and oxygen atoms in total. The van der Waals surface area contributed by atoms with E-state index in [1.165, 1.54) is 0 Å². The second-order valence-electron chi connectivity index (χ2n) is 7.18. The number of urea groups is 1. The molecule has 1 unspecified atom stereocenters. The molecule has 9 heteroatoms. The highest BCUT2D eigenvalue weighted by atomic mass is 16.5. The van der Waals surface area contributed by atoms with Crippen LogP contribution in [0.25, 0.3) is 33.7 Å². The summed E-state index contributed by atoms with van der Waals surface area (Å²) in [5, 5.41) is 17.0. The van der Waals surface area contributed by atoms with Crippen LogP contribution in [0.5, 0.6) is 0 Å². The number of nitrogens with zero attached hydrogens (tertiary/aromatic N) is 3. The maximum atomic E-state index is 12.2. The number of carbonyl (C=O) groups is 2. The Morgan fingerprint density at radius 1 is 1.14 bits per heavy atom. The first-order valence-electron chi connectivity index (χ1n) is 8.96. The van der Waals surface area contributed by atoms with Gasteiger partial charge in [-0.15, -0.1) is 0 Å². The van der Waals surface area contributed by atoms with Crippen molar-refractivity contribution in [2.24, 2.45) is 0 Å². The van der Waals surface area contributed by atoms with Crippen LogP contribution >= 0.6 is 0 Å². The van der Waals surface area contributed by atoms with Crippen molar-refractivity contribution in [1.82, 2.24) is 31.0 Å². The number of nitrogens with one attached hydrogen (secondary N) is 3. The lowest BCUT2D eigenvalue weighted by atomic mass is 9.91. The van der Waals surface area contributed by atoms with Gasteiger partial charge in [-0.3, -0.25) is 15.2 Å². The minimum atomic E-state index is -1.15. The summed E-state index contributed by atoms with van der Waals surface area (Å²) in [6.07, 6.45) is 1.74. The van der Waals surface area contributed by atoms with Crippen LogP contribution in [-0.2, 0) is 10.3 Å². The van der Waals surface area contributed by atoms with Gasteiger partial charge in [0.15, 0.2) is 0 Å². The van der Waals surface area contributed by atoms with Gasteiger partial charge in [-0.1, -0.05) is 23.4 Å². The van der Waals surface area contributed by atoms with Crippen LogP contribution in [0, 0.1) is 6.92 Å². The molecule has 1 saturated heterocycles. The molecule has 3 N–H and O–H groups in total. The van der Waals surface area contributed by atoms with E-state index in [-0.39, 0.29) is 0 Å². The molecule has 5 rings (SSSR count). The normalized spacial score (nSPS) is 18.8. The monoisotopic (exact) mass is 388 g/mol. The molecule has 0 saturated carbocycles. The van der Waals surface area contributed by atoms with Gasteiger partial charge in [0, 0.05) is 10.9 Å². The quantitative estimate of drug-likeness (QED) is 0.463. The smallest absolute Gasteiger partial charge is 0.322 e. The van der Waals surface area contributed by atoms with Crippen LogP contribution < -0.4 is 10.6 Å². The zero-order valence-electron chi connectivity index (χ0n) is 15.6. The topological polar surface area (TPSA) is 126 Å². The zero-order valence-corrected chi connectivity index (χ0v) is 15.6. The Hall–Kier alpha value is -4.01. The lowest BCUT2D eigenvalue weighted by Gasteiger charge is -2.21. The Kier molecular flexibility index (Phi) is 3.54. The van der Waals surface area contributed by atoms with E-state index >= 15 is 0 Å². The van der Waals surface area contributed by atoms with Gasteiger partial charge in [0.05, 0.1) is 17.3 Å². The number of aromatic amines is 1. The maximum absolute atomic E-state index is 12.2. The molecule has 1 atom stereocenters. The largest absolute Gasteiger partial charge is 0.334 e. The molecular weight excluding hydrogens is 372 g/mol. The highest BCUT2D eigenvalue weighted by Gasteiger charge is 2.43. The van der Waals surface area contributed by atoms with Crippen LogP contribution in [0.4, 0.5) is 4.79 Å². The summed E-state index contributed by atoms with van der Waals surface area (Å²) < 4.78 is 5.51. The minimum Gasteiger partial charge on any atom is -0.334 e. The van der Waals surface area contributed by atoms with Gasteiger partial charge in [-0.2, -0.15) is 10.1 Å². The van der Waals surface area contributed by atoms with Crippen LogP contribution in [0.15, 0.2) is 47.1 Å². The number of rotatable bonds is 3. The first kappa shape index (κ1) is 17.1. The summed E-state index contributed by atoms with van der Waals surface area (Å²) in [4.78, 5) is 28.3. The Bertz CT molecular complexity index is 1290. The number of hydrogen-bond donors (Lipinski definition) is 3. The average Bonchev–Trinajstić information content (AvgIpc) is 3.41. The third kappa shape index (κ3) is 2.66. The van der Waals surface area contributed by atoms with Crippen molar-refractivity contribution in [3.8, 4) is 22.8 Å². The fourth-order valence-corrected chi connectivity index (χ4v) is 3.54. The molecule has 0 aliphatic carbocycles. The number of aromatic nitrogens is 4. The van der Waals surface area contributed by atoms with Gasteiger partial charge in [-0.25, -0.2) is 4.79 Å². The predicted molar refractivity (Wildman–Crippen MR) is 104 cm³/mol. The standard InChI is InChI=1S/C20H16N6O3/c1-10-6-12-9-21-25-15(12)14(7-10)17-22-16(26-29-17)11-4-3-5-13(8-11)20(2)18(27)23-19(28)24-20/h3-9H,1-2H3,(H,21,25)(H2,23,24,27,28). The number of aryl methyl sites for hydroxylation is 1. The summed E-state index contributed by atoms with van der Waals surface area (Å²) in [5.74, 6) is 0.334. The molecule has 4 aromatic rings. The Morgan fingerprint density at radius 2 is 2.00 bits per heavy atom. The van der Waals surface area contributed by atoms with Crippen molar-refractivity contribution in [3.05, 3.63) is 53.7 Å². The lowest BCUT2D eigenvalue weighted by Crippen LogP contribution is -2.40. The lowest BCUT2D eigenvalue weighted by molar-refractivity contribution is -0.123. The molecule has 3 amide bonds. The first-order valence-corrected chi connectivity index (χ1v) is 8.96. The van der Waals surface area contributed by atoms with Gasteiger partial charge >= 0.3 is 6.03 Å². The Labute approximate surface area is 164 Å². The molecule has 144 valence electrons. The molecule has 0 radical (unpaired) electrons. The van der Waals surface area contributed by atoms with Crippen LogP contribution in [0.1, 0.15) is 18.1 Å². The predicted octanol–water partition coefficient (Wildman–Crippen LogP) is 2.64. The van der Waals surface area contributed by atoms with Crippen LogP contribution in [0.3, 0.4) is 0 Å². The van der Waals surface area contributed by atoms with Crippen molar-refractivity contribution in [1.29, 1.82) is 0 Å². The highest BCUT2D eigenvalue weighted by Crippen LogP contribution is 2.31. The van der Waals surface area contributed by atoms with E-state index in [1.54, 1.807) is 31.3 Å². The third-order valence-electron chi connectivity index (χ3n) is 5.09. The van der Waals surface area contributed by atoms with Crippen LogP contribution in [0.2, 0.25) is 0 Å². The number of hydrogen-bond acceptors (Lipinski definition) is 6. The molecule has 2 aromatic heterocycles. The van der Waals surface area contributed by atoms with Gasteiger partial charge in [0.1, 0.15) is 5.54 Å². The van der Waals surface area contributed by atoms with E-state index in [4.69, 9.17) is 4.52 Å². The molecule has 1 aliphatic heterocycles. The summed E-state index contributed by atoms with van der Waals surface area (Å²) in [5.41, 5.74) is 2.77. The summed E-state index contributed by atoms with van der Waals surface area (Å²) in [6, 6.07) is 10.6. The number of benzene rings is 2. The molecule has 0 bridgehead atoms. The molecule has 2 aromatic carbocycles. The number of H-pyrrole nitrogens is 1. The van der Waals surface area contributed by atoms with E-state index < -0.39 is 17.5 Å². The van der Waals surface area contributed by atoms with Crippen molar-refractivity contribution in [3.63, 3.8) is 0 Å². The van der Waals surface area contributed by atoms with E-state index in [9.17, 15) is 9.59 Å². The molecular formula is C20H16N6O3. The average molecular weight is 388 g/mol. The van der Waals surface area contributed by atoms with Crippen LogP contribution in [-0.4, -0.2) is 32.3 Å². The molecule has 0 spiro atoms. The van der Waals surface area contributed by atoms with Gasteiger partial charge in [-0.05, 0) is 43.2 Å². The highest BCUT2D eigenvalue weighted by molar-refractivity contribution is 6.07. The van der Waals surface area contributed by atoms with Gasteiger partial charge in [0.25, 0.3) is 11.8 Å². The maximum Gasteiger partial charge on any atom is 0.322 e. The summed E-state index contributed by atoms with van der Waals surface area (Å²) in [7, 11) is 0. The van der Waals surface area contributed by atoms with Gasteiger partial charge in [0.2, 0.25) is 5.82 Å². The number of amides is 3. The number of carbonyl (C=O) groups excluding carboxylic acids is 2. The summed E-state index contributed by atoms with van der Waals surface area (Å²) in [6.45, 7) is 3.63. The number of imide groups is 1. The molecule has 29 heavy (non-hydrogen) atoms.